The Balaban J connectivity index is 1.45. The number of carbonyl (C=O) groups is 2. The molecule has 0 bridgehead atoms. The molecular weight excluding hydrogens is 647 g/mol. The molecule has 2 fully saturated rings. The van der Waals surface area contributed by atoms with E-state index < -0.39 is 56.9 Å². The topological polar surface area (TPSA) is 114 Å². The molecule has 3 aromatic carbocycles. The molecule has 0 unspecified atom stereocenters. The second-order valence-electron chi connectivity index (χ2n) is 12.4. The standard InChI is InChI=1S/C35H40F3N3O6S/c1-23-21-39-22-28(41(23)48(44,45)29-8-4-3-5-9-29)11-12-30-24(7-6-10-31(30)38)17-32(42)33(40-34(43)46-2)35(13-15-47-16-14-35)25-18-26(36)20-27(37)19-25/h3-10,18-20,23,28,33,39H,11-17,21-22H2,1-2H3,(H,40,43)/t23-,28-,33+/m0/s1. The number of rotatable bonds is 11. The van der Waals surface area contributed by atoms with Crippen molar-refractivity contribution in [3.63, 3.8) is 0 Å². The van der Waals surface area contributed by atoms with Crippen LogP contribution in [0.3, 0.4) is 0 Å². The lowest BCUT2D eigenvalue weighted by Gasteiger charge is -2.43. The van der Waals surface area contributed by atoms with Gasteiger partial charge in [0.25, 0.3) is 0 Å². The van der Waals surface area contributed by atoms with Gasteiger partial charge >= 0.3 is 6.09 Å². The van der Waals surface area contributed by atoms with Gasteiger partial charge in [0.05, 0.1) is 12.0 Å². The summed E-state index contributed by atoms with van der Waals surface area (Å²) in [6.07, 6.45) is -0.491. The number of hydrogen-bond acceptors (Lipinski definition) is 7. The van der Waals surface area contributed by atoms with Crippen LogP contribution in [0.1, 0.15) is 42.9 Å². The number of piperazine rings is 1. The van der Waals surface area contributed by atoms with Gasteiger partial charge in [-0.25, -0.2) is 26.4 Å². The molecule has 2 heterocycles. The van der Waals surface area contributed by atoms with Gasteiger partial charge in [-0.2, -0.15) is 4.31 Å². The molecule has 2 saturated heterocycles. The number of amides is 1. The van der Waals surface area contributed by atoms with Crippen LogP contribution in [0, 0.1) is 17.5 Å². The Labute approximate surface area is 278 Å². The summed E-state index contributed by atoms with van der Waals surface area (Å²) in [6.45, 7) is 2.98. The molecule has 3 aromatic rings. The van der Waals surface area contributed by atoms with Gasteiger partial charge in [0.1, 0.15) is 23.5 Å². The molecule has 9 nitrogen and oxygen atoms in total. The number of benzene rings is 3. The number of Topliss-reactive ketones (excluding diaryl/α,β-unsaturated/α-hetero) is 1. The van der Waals surface area contributed by atoms with Crippen LogP contribution in [-0.2, 0) is 42.5 Å². The van der Waals surface area contributed by atoms with Crippen LogP contribution in [0.2, 0.25) is 0 Å². The normalized spacial score (nSPS) is 20.5. The third kappa shape index (κ3) is 7.59. The third-order valence-corrected chi connectivity index (χ3v) is 11.5. The number of alkyl carbamates (subject to hydrolysis) is 1. The van der Waals surface area contributed by atoms with E-state index in [4.69, 9.17) is 9.47 Å². The molecule has 2 N–H and O–H groups in total. The van der Waals surface area contributed by atoms with Crippen LogP contribution < -0.4 is 10.6 Å². The summed E-state index contributed by atoms with van der Waals surface area (Å²) in [5.74, 6) is -2.73. The van der Waals surface area contributed by atoms with Crippen molar-refractivity contribution in [2.45, 2.75) is 67.5 Å². The number of nitrogens with zero attached hydrogens (tertiary/aromatic N) is 1. The van der Waals surface area contributed by atoms with Crippen molar-refractivity contribution in [2.75, 3.05) is 33.4 Å². The zero-order valence-electron chi connectivity index (χ0n) is 26.9. The minimum absolute atomic E-state index is 0.123. The zero-order valence-corrected chi connectivity index (χ0v) is 27.7. The lowest BCUT2D eigenvalue weighted by atomic mass is 9.66. The molecule has 2 aliphatic rings. The molecule has 258 valence electrons. The maximum absolute atomic E-state index is 15.5. The highest BCUT2D eigenvalue weighted by Crippen LogP contribution is 2.40. The van der Waals surface area contributed by atoms with Crippen molar-refractivity contribution in [3.8, 4) is 0 Å². The summed E-state index contributed by atoms with van der Waals surface area (Å²) in [5, 5.41) is 5.88. The number of carbonyl (C=O) groups excluding carboxylic acids is 2. The van der Waals surface area contributed by atoms with Crippen molar-refractivity contribution >= 4 is 21.9 Å². The average Bonchev–Trinajstić information content (AvgIpc) is 3.07. The molecule has 13 heteroatoms. The van der Waals surface area contributed by atoms with Crippen molar-refractivity contribution < 1.29 is 40.7 Å². The first-order valence-corrected chi connectivity index (χ1v) is 17.4. The summed E-state index contributed by atoms with van der Waals surface area (Å²) in [6, 6.07) is 13.4. The predicted octanol–water partition coefficient (Wildman–Crippen LogP) is 4.67. The van der Waals surface area contributed by atoms with Gasteiger partial charge in [-0.15, -0.1) is 0 Å². The van der Waals surface area contributed by atoms with Gasteiger partial charge in [-0.05, 0) is 79.6 Å². The minimum Gasteiger partial charge on any atom is -0.453 e. The fourth-order valence-corrected chi connectivity index (χ4v) is 8.91. The van der Waals surface area contributed by atoms with E-state index in [2.05, 4.69) is 10.6 Å². The number of ketones is 1. The van der Waals surface area contributed by atoms with Crippen LogP contribution in [-0.4, -0.2) is 76.1 Å². The molecule has 0 radical (unpaired) electrons. The van der Waals surface area contributed by atoms with Crippen LogP contribution >= 0.6 is 0 Å². The van der Waals surface area contributed by atoms with Crippen molar-refractivity contribution in [2.24, 2.45) is 0 Å². The van der Waals surface area contributed by atoms with E-state index in [0.717, 1.165) is 25.3 Å². The van der Waals surface area contributed by atoms with Crippen molar-refractivity contribution in [1.29, 1.82) is 0 Å². The maximum atomic E-state index is 15.5. The number of ether oxygens (including phenoxy) is 2. The van der Waals surface area contributed by atoms with E-state index in [0.29, 0.717) is 18.7 Å². The highest BCUT2D eigenvalue weighted by molar-refractivity contribution is 7.89. The van der Waals surface area contributed by atoms with Crippen LogP contribution in [0.25, 0.3) is 0 Å². The van der Waals surface area contributed by atoms with Gasteiger partial charge in [-0.1, -0.05) is 30.3 Å². The number of nitrogens with one attached hydrogen (secondary N) is 2. The SMILES string of the molecule is COC(=O)N[C@H](C(=O)Cc1cccc(F)c1CC[C@H]1CNC[C@H](C)N1S(=O)(=O)c1ccccc1)C1(c2cc(F)cc(F)c2)CCOCC1. The Hall–Kier alpha value is -3.78. The largest absolute Gasteiger partial charge is 0.453 e. The quantitative estimate of drug-likeness (QED) is 0.301. The third-order valence-electron chi connectivity index (χ3n) is 9.39. The highest BCUT2D eigenvalue weighted by Gasteiger charge is 2.47. The Kier molecular flexibility index (Phi) is 11.2. The second kappa shape index (κ2) is 15.2. The summed E-state index contributed by atoms with van der Waals surface area (Å²) in [5.41, 5.74) is -0.443. The molecule has 0 saturated carbocycles. The first-order valence-electron chi connectivity index (χ1n) is 15.9. The van der Waals surface area contributed by atoms with Crippen molar-refractivity contribution in [3.05, 3.63) is 101 Å². The number of halogens is 3. The van der Waals surface area contributed by atoms with Gasteiger partial charge in [0.15, 0.2) is 5.78 Å². The zero-order chi connectivity index (χ0) is 34.5. The molecule has 2 aliphatic heterocycles. The number of sulfonamides is 1. The maximum Gasteiger partial charge on any atom is 0.407 e. The predicted molar refractivity (Wildman–Crippen MR) is 172 cm³/mol. The monoisotopic (exact) mass is 687 g/mol. The summed E-state index contributed by atoms with van der Waals surface area (Å²) >= 11 is 0. The Morgan fingerprint density at radius 2 is 1.71 bits per heavy atom. The van der Waals surface area contributed by atoms with E-state index in [1.807, 2.05) is 6.92 Å². The Morgan fingerprint density at radius 3 is 2.38 bits per heavy atom. The smallest absolute Gasteiger partial charge is 0.407 e. The molecule has 48 heavy (non-hydrogen) atoms. The molecule has 0 aromatic heterocycles. The van der Waals surface area contributed by atoms with E-state index in [-0.39, 0.29) is 67.4 Å². The number of methoxy groups -OCH3 is 1. The summed E-state index contributed by atoms with van der Waals surface area (Å²) in [4.78, 5) is 27.0. The van der Waals surface area contributed by atoms with Gasteiger partial charge in [-0.3, -0.25) is 4.79 Å². The van der Waals surface area contributed by atoms with E-state index in [9.17, 15) is 26.8 Å². The number of hydrogen-bond donors (Lipinski definition) is 2. The summed E-state index contributed by atoms with van der Waals surface area (Å²) in [7, 11) is -2.71. The Bertz CT molecular complexity index is 1700. The van der Waals surface area contributed by atoms with Gasteiger partial charge in [0.2, 0.25) is 10.0 Å². The van der Waals surface area contributed by atoms with Gasteiger partial charge in [0, 0.05) is 56.3 Å². The first-order chi connectivity index (χ1) is 23.0. The minimum atomic E-state index is -3.85. The fraction of sp³-hybridized carbons (Fsp3) is 0.429. The van der Waals surface area contributed by atoms with E-state index in [1.165, 1.54) is 16.4 Å². The second-order valence-corrected chi connectivity index (χ2v) is 14.2. The molecule has 1 amide bonds. The lowest BCUT2D eigenvalue weighted by molar-refractivity contribution is -0.123. The molecular formula is C35H40F3N3O6S. The summed E-state index contributed by atoms with van der Waals surface area (Å²) < 4.78 is 83.8. The molecule has 0 spiro atoms. The highest BCUT2D eigenvalue weighted by atomic mass is 32.2. The fourth-order valence-electron chi connectivity index (χ4n) is 7.05. The van der Waals surface area contributed by atoms with Crippen LogP contribution in [0.4, 0.5) is 18.0 Å². The average molecular weight is 688 g/mol. The molecule has 5 rings (SSSR count). The van der Waals surface area contributed by atoms with Crippen LogP contribution in [0.15, 0.2) is 71.6 Å². The van der Waals surface area contributed by atoms with Crippen LogP contribution in [0.5, 0.6) is 0 Å². The van der Waals surface area contributed by atoms with E-state index >= 15 is 4.39 Å². The lowest BCUT2D eigenvalue weighted by Crippen LogP contribution is -2.58. The molecule has 0 aliphatic carbocycles. The van der Waals surface area contributed by atoms with Crippen molar-refractivity contribution in [1.82, 2.24) is 14.9 Å². The van der Waals surface area contributed by atoms with Gasteiger partial charge < -0.3 is 20.1 Å². The Morgan fingerprint density at radius 1 is 1.02 bits per heavy atom. The van der Waals surface area contributed by atoms with E-state index in [1.54, 1.807) is 36.4 Å². The molecule has 3 atom stereocenters. The first kappa shape index (κ1) is 35.5.